The Morgan fingerprint density at radius 2 is 2.26 bits per heavy atom. The third-order valence-corrected chi connectivity index (χ3v) is 5.39. The van der Waals surface area contributed by atoms with Crippen LogP contribution in [0, 0.1) is 16.0 Å². The fourth-order valence-corrected chi connectivity index (χ4v) is 4.08. The second-order valence-electron chi connectivity index (χ2n) is 7.74. The van der Waals surface area contributed by atoms with Gasteiger partial charge < -0.3 is 15.0 Å². The van der Waals surface area contributed by atoms with Crippen molar-refractivity contribution in [1.82, 2.24) is 10.3 Å². The average Bonchev–Trinajstić information content (AvgIpc) is 3.02. The van der Waals surface area contributed by atoms with Crippen LogP contribution < -0.4 is 10.2 Å². The molecule has 1 aliphatic rings. The Hall–Kier alpha value is -2.42. The number of nitro benzene ring substituents is 1. The summed E-state index contributed by atoms with van der Waals surface area (Å²) >= 11 is 1.54. The van der Waals surface area contributed by atoms with Gasteiger partial charge in [-0.2, -0.15) is 0 Å². The van der Waals surface area contributed by atoms with Gasteiger partial charge in [-0.15, -0.1) is 0 Å². The van der Waals surface area contributed by atoms with Gasteiger partial charge in [-0.25, -0.2) is 9.78 Å². The molecule has 0 aliphatic carbocycles. The molecule has 2 heterocycles. The van der Waals surface area contributed by atoms with Crippen LogP contribution in [0.25, 0.3) is 10.2 Å². The van der Waals surface area contributed by atoms with Crippen LogP contribution in [0.5, 0.6) is 0 Å². The largest absolute Gasteiger partial charge is 0.444 e. The van der Waals surface area contributed by atoms with E-state index in [4.69, 9.17) is 4.74 Å². The van der Waals surface area contributed by atoms with Gasteiger partial charge in [0, 0.05) is 31.8 Å². The van der Waals surface area contributed by atoms with Crippen molar-refractivity contribution in [2.24, 2.45) is 5.92 Å². The number of nitrogens with zero attached hydrogens (tertiary/aromatic N) is 3. The lowest BCUT2D eigenvalue weighted by Crippen LogP contribution is -2.42. The maximum atomic E-state index is 11.8. The minimum atomic E-state index is -0.508. The van der Waals surface area contributed by atoms with E-state index in [9.17, 15) is 14.9 Å². The summed E-state index contributed by atoms with van der Waals surface area (Å²) in [5, 5.41) is 14.7. The molecule has 146 valence electrons. The van der Waals surface area contributed by atoms with E-state index in [1.54, 1.807) is 6.07 Å². The van der Waals surface area contributed by atoms with E-state index >= 15 is 0 Å². The van der Waals surface area contributed by atoms with Crippen molar-refractivity contribution >= 4 is 38.5 Å². The van der Waals surface area contributed by atoms with Crippen LogP contribution in [0.1, 0.15) is 33.6 Å². The number of amides is 1. The molecule has 0 unspecified atom stereocenters. The molecule has 1 aliphatic heterocycles. The topological polar surface area (TPSA) is 97.6 Å². The highest BCUT2D eigenvalue weighted by Gasteiger charge is 2.24. The summed E-state index contributed by atoms with van der Waals surface area (Å²) in [6, 6.07) is 4.77. The third kappa shape index (κ3) is 5.06. The highest BCUT2D eigenvalue weighted by Crippen LogP contribution is 2.33. The molecule has 9 heteroatoms. The van der Waals surface area contributed by atoms with Crippen molar-refractivity contribution in [3.63, 3.8) is 0 Å². The molecule has 0 radical (unpaired) electrons. The molecular weight excluding hydrogens is 368 g/mol. The number of carbonyl (C=O) groups is 1. The smallest absolute Gasteiger partial charge is 0.407 e. The Morgan fingerprint density at radius 1 is 1.48 bits per heavy atom. The van der Waals surface area contributed by atoms with Crippen molar-refractivity contribution in [2.45, 2.75) is 39.2 Å². The number of thiazole rings is 1. The van der Waals surface area contributed by atoms with Gasteiger partial charge in [0.25, 0.3) is 5.69 Å². The van der Waals surface area contributed by atoms with Gasteiger partial charge in [0.15, 0.2) is 5.13 Å². The molecule has 0 spiro atoms. The summed E-state index contributed by atoms with van der Waals surface area (Å²) in [5.41, 5.74) is 0.197. The van der Waals surface area contributed by atoms with Gasteiger partial charge >= 0.3 is 6.09 Å². The number of hydrogen-bond acceptors (Lipinski definition) is 7. The van der Waals surface area contributed by atoms with E-state index in [1.165, 1.54) is 23.5 Å². The molecule has 1 amide bonds. The number of anilines is 1. The average molecular weight is 392 g/mol. The Bertz CT molecular complexity index is 845. The lowest BCUT2D eigenvalue weighted by molar-refractivity contribution is -0.384. The van der Waals surface area contributed by atoms with Crippen molar-refractivity contribution in [2.75, 3.05) is 24.5 Å². The van der Waals surface area contributed by atoms with E-state index in [0.29, 0.717) is 18.0 Å². The van der Waals surface area contributed by atoms with E-state index in [0.717, 1.165) is 35.8 Å². The monoisotopic (exact) mass is 392 g/mol. The number of benzene rings is 1. The van der Waals surface area contributed by atoms with Gasteiger partial charge in [0.05, 0.1) is 15.1 Å². The molecule has 0 bridgehead atoms. The van der Waals surface area contributed by atoms with Gasteiger partial charge in [0.1, 0.15) is 5.60 Å². The maximum absolute atomic E-state index is 11.8. The highest BCUT2D eigenvalue weighted by molar-refractivity contribution is 7.22. The quantitative estimate of drug-likeness (QED) is 0.625. The molecule has 2 aromatic rings. The van der Waals surface area contributed by atoms with Crippen LogP contribution in [0.4, 0.5) is 15.6 Å². The van der Waals surface area contributed by atoms with Crippen LogP contribution in [-0.4, -0.2) is 41.2 Å². The normalized spacial score (nSPS) is 17.7. The van der Waals surface area contributed by atoms with Gasteiger partial charge in [0.2, 0.25) is 0 Å². The predicted octanol–water partition coefficient (Wildman–Crippen LogP) is 3.95. The Kier molecular flexibility index (Phi) is 5.50. The summed E-state index contributed by atoms with van der Waals surface area (Å²) < 4.78 is 6.22. The highest BCUT2D eigenvalue weighted by atomic mass is 32.1. The minimum absolute atomic E-state index is 0.0532. The number of non-ortho nitro benzene ring substituents is 1. The van der Waals surface area contributed by atoms with E-state index in [-0.39, 0.29) is 5.69 Å². The second kappa shape index (κ2) is 7.67. The number of ether oxygens (including phenoxy) is 1. The standard InChI is InChI=1S/C18H24N4O4S/c1-18(2,3)26-17(23)19-10-12-5-4-8-21(11-12)16-20-14-9-13(22(24)25)6-7-15(14)27-16/h6-7,9,12H,4-5,8,10-11H2,1-3H3,(H,19,23)/t12-/m0/s1. The first-order valence-electron chi connectivity index (χ1n) is 8.98. The molecular formula is C18H24N4O4S. The first-order valence-corrected chi connectivity index (χ1v) is 9.80. The SMILES string of the molecule is CC(C)(C)OC(=O)NC[C@@H]1CCCN(c2nc3cc([N+](=O)[O-])ccc3s2)C1. The van der Waals surface area contributed by atoms with Crippen molar-refractivity contribution in [3.05, 3.63) is 28.3 Å². The van der Waals surface area contributed by atoms with E-state index in [2.05, 4.69) is 15.2 Å². The molecule has 1 N–H and O–H groups in total. The molecule has 8 nitrogen and oxygen atoms in total. The van der Waals surface area contributed by atoms with Crippen molar-refractivity contribution in [3.8, 4) is 0 Å². The Balaban J connectivity index is 1.63. The molecule has 0 saturated carbocycles. The molecule has 27 heavy (non-hydrogen) atoms. The number of alkyl carbamates (subject to hydrolysis) is 1. The number of piperidine rings is 1. The van der Waals surface area contributed by atoms with Gasteiger partial charge in [-0.05, 0) is 45.6 Å². The van der Waals surface area contributed by atoms with Crippen LogP contribution in [0.15, 0.2) is 18.2 Å². The van der Waals surface area contributed by atoms with Crippen LogP contribution in [-0.2, 0) is 4.74 Å². The summed E-state index contributed by atoms with van der Waals surface area (Å²) in [5.74, 6) is 0.313. The molecule has 1 aromatic heterocycles. The summed E-state index contributed by atoms with van der Waals surface area (Å²) in [6.07, 6.45) is 1.64. The number of fused-ring (bicyclic) bond motifs is 1. The zero-order valence-electron chi connectivity index (χ0n) is 15.7. The fourth-order valence-electron chi connectivity index (χ4n) is 3.10. The second-order valence-corrected chi connectivity index (χ2v) is 8.75. The maximum Gasteiger partial charge on any atom is 0.407 e. The minimum Gasteiger partial charge on any atom is -0.444 e. The van der Waals surface area contributed by atoms with Crippen molar-refractivity contribution in [1.29, 1.82) is 0 Å². The predicted molar refractivity (Wildman–Crippen MR) is 105 cm³/mol. The van der Waals surface area contributed by atoms with Crippen LogP contribution >= 0.6 is 11.3 Å². The number of carbonyl (C=O) groups excluding carboxylic acids is 1. The Morgan fingerprint density at radius 3 is 2.96 bits per heavy atom. The first-order chi connectivity index (χ1) is 12.7. The zero-order valence-corrected chi connectivity index (χ0v) is 16.5. The van der Waals surface area contributed by atoms with Gasteiger partial charge in [-0.1, -0.05) is 11.3 Å². The summed E-state index contributed by atoms with van der Waals surface area (Å²) in [7, 11) is 0. The summed E-state index contributed by atoms with van der Waals surface area (Å²) in [4.78, 5) is 29.2. The first kappa shape index (κ1) is 19.3. The van der Waals surface area contributed by atoms with E-state index < -0.39 is 16.6 Å². The van der Waals surface area contributed by atoms with Crippen LogP contribution in [0.3, 0.4) is 0 Å². The lowest BCUT2D eigenvalue weighted by Gasteiger charge is -2.32. The molecule has 1 atom stereocenters. The Labute approximate surface area is 161 Å². The third-order valence-electron chi connectivity index (χ3n) is 4.29. The molecule has 3 rings (SSSR count). The number of hydrogen-bond donors (Lipinski definition) is 1. The molecule has 1 aromatic carbocycles. The van der Waals surface area contributed by atoms with Crippen molar-refractivity contribution < 1.29 is 14.5 Å². The van der Waals surface area contributed by atoms with E-state index in [1.807, 2.05) is 20.8 Å². The summed E-state index contributed by atoms with van der Waals surface area (Å²) in [6.45, 7) is 7.76. The number of aromatic nitrogens is 1. The van der Waals surface area contributed by atoms with Crippen LogP contribution in [0.2, 0.25) is 0 Å². The van der Waals surface area contributed by atoms with Gasteiger partial charge in [-0.3, -0.25) is 10.1 Å². The molecule has 1 saturated heterocycles. The number of rotatable bonds is 4. The number of nitrogens with one attached hydrogen (secondary N) is 1. The molecule has 1 fully saturated rings. The zero-order chi connectivity index (χ0) is 19.6. The number of nitro groups is 1. The lowest BCUT2D eigenvalue weighted by atomic mass is 9.98. The fraction of sp³-hybridized carbons (Fsp3) is 0.556.